The van der Waals surface area contributed by atoms with E-state index >= 15 is 0 Å². The van der Waals surface area contributed by atoms with E-state index in [2.05, 4.69) is 5.32 Å². The largest absolute Gasteiger partial charge is 0.454 e. The topological polar surface area (TPSA) is 119 Å². The van der Waals surface area contributed by atoms with Gasteiger partial charge in [0.15, 0.2) is 6.61 Å². The van der Waals surface area contributed by atoms with Gasteiger partial charge in [-0.05, 0) is 31.0 Å². The number of amides is 3. The van der Waals surface area contributed by atoms with Crippen LogP contribution in [0.4, 0.5) is 0 Å². The number of primary amides is 1. The number of carbonyl (C=O) groups excluding carboxylic acids is 4. The maximum absolute atomic E-state index is 12.1. The number of nitrogens with one attached hydrogen (secondary N) is 1. The van der Waals surface area contributed by atoms with Crippen molar-refractivity contribution in [3.63, 3.8) is 0 Å². The van der Waals surface area contributed by atoms with Crippen molar-refractivity contribution >= 4 is 46.9 Å². The molecule has 0 aliphatic carbocycles. The molecule has 2 rings (SSSR count). The van der Waals surface area contributed by atoms with Crippen molar-refractivity contribution in [3.05, 3.63) is 33.8 Å². The summed E-state index contributed by atoms with van der Waals surface area (Å²) in [6, 6.07) is 4.30. The fourth-order valence-electron chi connectivity index (χ4n) is 2.61. The van der Waals surface area contributed by atoms with Crippen LogP contribution in [0.5, 0.6) is 0 Å². The molecule has 0 aromatic heterocycles. The van der Waals surface area contributed by atoms with Gasteiger partial charge in [0.25, 0.3) is 11.8 Å². The highest BCUT2D eigenvalue weighted by Crippen LogP contribution is 2.22. The molecule has 0 unspecified atom stereocenters. The molecule has 1 saturated heterocycles. The summed E-state index contributed by atoms with van der Waals surface area (Å²) in [7, 11) is 0. The van der Waals surface area contributed by atoms with Crippen LogP contribution in [0.2, 0.25) is 10.0 Å². The summed E-state index contributed by atoms with van der Waals surface area (Å²) in [5.41, 5.74) is 5.50. The summed E-state index contributed by atoms with van der Waals surface area (Å²) in [6.07, 6.45) is 1.30. The molecule has 1 fully saturated rings. The Bertz CT molecular complexity index is 756. The second-order valence-electron chi connectivity index (χ2n) is 6.05. The SMILES string of the molecule is NC(=O)[C@H]1CCCN(C(=O)COC(=O)CNC(=O)c2ccc(Cl)c(Cl)c2)C1. The summed E-state index contributed by atoms with van der Waals surface area (Å²) >= 11 is 11.6. The average Bonchev–Trinajstić information content (AvgIpc) is 2.66. The van der Waals surface area contributed by atoms with Gasteiger partial charge in [-0.2, -0.15) is 0 Å². The number of esters is 1. The zero-order valence-electron chi connectivity index (χ0n) is 14.4. The molecule has 27 heavy (non-hydrogen) atoms. The number of nitrogens with two attached hydrogens (primary N) is 1. The normalized spacial score (nSPS) is 16.5. The zero-order chi connectivity index (χ0) is 20.0. The number of hydrogen-bond acceptors (Lipinski definition) is 5. The smallest absolute Gasteiger partial charge is 0.325 e. The van der Waals surface area contributed by atoms with Gasteiger partial charge < -0.3 is 20.7 Å². The highest BCUT2D eigenvalue weighted by atomic mass is 35.5. The Hall–Kier alpha value is -2.32. The van der Waals surface area contributed by atoms with E-state index in [4.69, 9.17) is 33.7 Å². The Morgan fingerprint density at radius 2 is 1.96 bits per heavy atom. The van der Waals surface area contributed by atoms with E-state index in [1.807, 2.05) is 0 Å². The second kappa shape index (κ2) is 9.57. The Labute approximate surface area is 165 Å². The third-order valence-corrected chi connectivity index (χ3v) is 4.85. The van der Waals surface area contributed by atoms with Crippen molar-refractivity contribution < 1.29 is 23.9 Å². The second-order valence-corrected chi connectivity index (χ2v) is 6.87. The minimum Gasteiger partial charge on any atom is -0.454 e. The van der Waals surface area contributed by atoms with Crippen LogP contribution < -0.4 is 11.1 Å². The number of benzene rings is 1. The molecule has 10 heteroatoms. The molecule has 3 amide bonds. The predicted molar refractivity (Wildman–Crippen MR) is 98.3 cm³/mol. The first-order valence-electron chi connectivity index (χ1n) is 8.24. The van der Waals surface area contributed by atoms with Crippen molar-refractivity contribution in [2.75, 3.05) is 26.2 Å². The average molecular weight is 416 g/mol. The molecule has 0 radical (unpaired) electrons. The third-order valence-electron chi connectivity index (χ3n) is 4.11. The predicted octanol–water partition coefficient (Wildman–Crippen LogP) is 0.990. The number of carbonyl (C=O) groups is 4. The van der Waals surface area contributed by atoms with Gasteiger partial charge in [0, 0.05) is 18.7 Å². The molecule has 3 N–H and O–H groups in total. The van der Waals surface area contributed by atoms with Gasteiger partial charge in [-0.1, -0.05) is 23.2 Å². The molecule has 146 valence electrons. The zero-order valence-corrected chi connectivity index (χ0v) is 15.9. The number of halogens is 2. The van der Waals surface area contributed by atoms with E-state index in [0.717, 1.165) is 0 Å². The molecule has 1 aliphatic rings. The van der Waals surface area contributed by atoms with Gasteiger partial charge in [0.1, 0.15) is 6.54 Å². The van der Waals surface area contributed by atoms with Crippen LogP contribution in [0, 0.1) is 5.92 Å². The minimum atomic E-state index is -0.764. The Morgan fingerprint density at radius 3 is 2.63 bits per heavy atom. The van der Waals surface area contributed by atoms with Crippen LogP contribution in [0.15, 0.2) is 18.2 Å². The first-order chi connectivity index (χ1) is 12.8. The first-order valence-corrected chi connectivity index (χ1v) is 8.99. The number of ether oxygens (including phenoxy) is 1. The van der Waals surface area contributed by atoms with Crippen LogP contribution in [0.25, 0.3) is 0 Å². The van der Waals surface area contributed by atoms with Gasteiger partial charge in [-0.25, -0.2) is 0 Å². The quantitative estimate of drug-likeness (QED) is 0.671. The van der Waals surface area contributed by atoms with Crippen molar-refractivity contribution in [1.82, 2.24) is 10.2 Å². The lowest BCUT2D eigenvalue weighted by atomic mass is 9.97. The van der Waals surface area contributed by atoms with Gasteiger partial charge in [-0.3, -0.25) is 19.2 Å². The summed E-state index contributed by atoms with van der Waals surface area (Å²) in [4.78, 5) is 48.5. The Kier molecular flexibility index (Phi) is 7.44. The molecule has 1 heterocycles. The fraction of sp³-hybridized carbons (Fsp3) is 0.412. The summed E-state index contributed by atoms with van der Waals surface area (Å²) in [6.45, 7) is -0.169. The molecule has 1 atom stereocenters. The summed E-state index contributed by atoms with van der Waals surface area (Å²) in [5.74, 6) is -2.54. The van der Waals surface area contributed by atoms with Gasteiger partial charge in [0.2, 0.25) is 5.91 Å². The van der Waals surface area contributed by atoms with E-state index < -0.39 is 36.8 Å². The number of rotatable bonds is 6. The third kappa shape index (κ3) is 6.11. The molecule has 0 spiro atoms. The lowest BCUT2D eigenvalue weighted by molar-refractivity contribution is -0.152. The van der Waals surface area contributed by atoms with E-state index in [1.165, 1.54) is 23.1 Å². The van der Waals surface area contributed by atoms with Gasteiger partial charge in [-0.15, -0.1) is 0 Å². The van der Waals surface area contributed by atoms with Crippen molar-refractivity contribution in [3.8, 4) is 0 Å². The van der Waals surface area contributed by atoms with E-state index in [9.17, 15) is 19.2 Å². The highest BCUT2D eigenvalue weighted by Gasteiger charge is 2.27. The highest BCUT2D eigenvalue weighted by molar-refractivity contribution is 6.42. The number of piperidine rings is 1. The lowest BCUT2D eigenvalue weighted by Gasteiger charge is -2.31. The maximum atomic E-state index is 12.1. The number of nitrogens with zero attached hydrogens (tertiary/aromatic N) is 1. The van der Waals surface area contributed by atoms with Crippen LogP contribution in [-0.2, 0) is 19.1 Å². The molecule has 0 bridgehead atoms. The van der Waals surface area contributed by atoms with Crippen molar-refractivity contribution in [1.29, 1.82) is 0 Å². The maximum Gasteiger partial charge on any atom is 0.325 e. The van der Waals surface area contributed by atoms with Crippen LogP contribution in [-0.4, -0.2) is 54.8 Å². The lowest BCUT2D eigenvalue weighted by Crippen LogP contribution is -2.45. The molecular weight excluding hydrogens is 397 g/mol. The number of likely N-dealkylation sites (tertiary alicyclic amines) is 1. The van der Waals surface area contributed by atoms with E-state index in [0.29, 0.717) is 24.4 Å². The van der Waals surface area contributed by atoms with Crippen molar-refractivity contribution in [2.24, 2.45) is 11.7 Å². The first kappa shape index (κ1) is 21.0. The van der Waals surface area contributed by atoms with Crippen LogP contribution in [0.1, 0.15) is 23.2 Å². The fourth-order valence-corrected chi connectivity index (χ4v) is 2.91. The minimum absolute atomic E-state index is 0.216. The molecule has 8 nitrogen and oxygen atoms in total. The van der Waals surface area contributed by atoms with Gasteiger partial charge >= 0.3 is 5.97 Å². The standard InChI is InChI=1S/C17H19Cl2N3O5/c18-12-4-3-10(6-13(12)19)17(26)21-7-15(24)27-9-14(23)22-5-1-2-11(8-22)16(20)25/h3-4,6,11H,1-2,5,7-9H2,(H2,20,25)(H,21,26)/t11-/m0/s1. The summed E-state index contributed by atoms with van der Waals surface area (Å²) in [5, 5.41) is 2.89. The molecule has 1 aromatic carbocycles. The Balaban J connectivity index is 1.75. The van der Waals surface area contributed by atoms with Crippen LogP contribution >= 0.6 is 23.2 Å². The monoisotopic (exact) mass is 415 g/mol. The Morgan fingerprint density at radius 1 is 1.22 bits per heavy atom. The summed E-state index contributed by atoms with van der Waals surface area (Å²) < 4.78 is 4.87. The van der Waals surface area contributed by atoms with E-state index in [1.54, 1.807) is 0 Å². The van der Waals surface area contributed by atoms with E-state index in [-0.39, 0.29) is 23.0 Å². The molecule has 1 aromatic rings. The molecular formula is C17H19Cl2N3O5. The molecule has 1 aliphatic heterocycles. The number of hydrogen-bond donors (Lipinski definition) is 2. The van der Waals surface area contributed by atoms with Crippen LogP contribution in [0.3, 0.4) is 0 Å². The van der Waals surface area contributed by atoms with Gasteiger partial charge in [0.05, 0.1) is 16.0 Å². The molecule has 0 saturated carbocycles. The van der Waals surface area contributed by atoms with Crippen molar-refractivity contribution in [2.45, 2.75) is 12.8 Å².